The van der Waals surface area contributed by atoms with E-state index >= 15 is 0 Å². The standard InChI is InChI=1S/C12H15ClNP/c1-9(13)11(14)8-10-6-4-5-7-12(10)15(2)3/h4-7,14H,1,8H2,2-3H3. The Labute approximate surface area is 97.4 Å². The highest BCUT2D eigenvalue weighted by Gasteiger charge is 2.08. The van der Waals surface area contributed by atoms with Crippen LogP contribution in [-0.4, -0.2) is 19.0 Å². The number of allylic oxidation sites excluding steroid dienone is 1. The monoisotopic (exact) mass is 239 g/mol. The van der Waals surface area contributed by atoms with Crippen molar-refractivity contribution in [2.24, 2.45) is 0 Å². The van der Waals surface area contributed by atoms with Crippen LogP contribution >= 0.6 is 19.5 Å². The molecule has 0 aromatic heterocycles. The number of halogens is 1. The molecule has 0 aliphatic carbocycles. The van der Waals surface area contributed by atoms with E-state index in [0.717, 1.165) is 0 Å². The minimum Gasteiger partial charge on any atom is -0.303 e. The fourth-order valence-electron chi connectivity index (χ4n) is 1.38. The third-order valence-corrected chi connectivity index (χ3v) is 3.80. The number of hydrogen-bond donors (Lipinski definition) is 1. The van der Waals surface area contributed by atoms with Gasteiger partial charge in [-0.2, -0.15) is 0 Å². The number of nitrogens with one attached hydrogen (secondary N) is 1. The molecule has 1 aromatic rings. The fourth-order valence-corrected chi connectivity index (χ4v) is 2.56. The van der Waals surface area contributed by atoms with Crippen LogP contribution in [0, 0.1) is 5.41 Å². The van der Waals surface area contributed by atoms with Crippen LogP contribution in [0.5, 0.6) is 0 Å². The van der Waals surface area contributed by atoms with Gasteiger partial charge < -0.3 is 5.41 Å². The third kappa shape index (κ3) is 3.44. The van der Waals surface area contributed by atoms with Gasteiger partial charge in [0.2, 0.25) is 0 Å². The maximum Gasteiger partial charge on any atom is 0.0545 e. The minimum absolute atomic E-state index is 0.136. The van der Waals surface area contributed by atoms with Gasteiger partial charge >= 0.3 is 0 Å². The summed E-state index contributed by atoms with van der Waals surface area (Å²) in [5.41, 5.74) is 1.60. The van der Waals surface area contributed by atoms with Crippen molar-refractivity contribution in [1.82, 2.24) is 0 Å². The molecule has 1 rings (SSSR count). The lowest BCUT2D eigenvalue weighted by Gasteiger charge is -2.12. The lowest BCUT2D eigenvalue weighted by atomic mass is 10.1. The largest absolute Gasteiger partial charge is 0.303 e. The van der Waals surface area contributed by atoms with Crippen molar-refractivity contribution in [3.05, 3.63) is 41.4 Å². The van der Waals surface area contributed by atoms with E-state index in [4.69, 9.17) is 17.0 Å². The summed E-state index contributed by atoms with van der Waals surface area (Å²) in [6.45, 7) is 8.00. The normalized spacial score (nSPS) is 10.4. The van der Waals surface area contributed by atoms with Crippen LogP contribution in [0.4, 0.5) is 0 Å². The fraction of sp³-hybridized carbons (Fsp3) is 0.250. The Hall–Kier alpha value is -0.650. The Bertz CT molecular complexity index is 385. The zero-order valence-electron chi connectivity index (χ0n) is 9.05. The molecule has 0 amide bonds. The Balaban J connectivity index is 2.94. The van der Waals surface area contributed by atoms with Gasteiger partial charge in [0, 0.05) is 6.42 Å². The highest BCUT2D eigenvalue weighted by molar-refractivity contribution is 7.64. The average Bonchev–Trinajstić information content (AvgIpc) is 2.18. The smallest absolute Gasteiger partial charge is 0.0545 e. The van der Waals surface area contributed by atoms with Crippen molar-refractivity contribution < 1.29 is 0 Å². The van der Waals surface area contributed by atoms with Gasteiger partial charge in [0.1, 0.15) is 0 Å². The second-order valence-electron chi connectivity index (χ2n) is 3.58. The molecular formula is C12H15ClNP. The Morgan fingerprint density at radius 3 is 2.53 bits per heavy atom. The minimum atomic E-state index is -0.136. The molecule has 0 aliphatic heterocycles. The summed E-state index contributed by atoms with van der Waals surface area (Å²) in [7, 11) is -0.136. The molecule has 1 nitrogen and oxygen atoms in total. The molecule has 0 unspecified atom stereocenters. The molecule has 0 saturated carbocycles. The second-order valence-corrected chi connectivity index (χ2v) is 6.31. The van der Waals surface area contributed by atoms with Gasteiger partial charge in [-0.1, -0.05) is 50.4 Å². The van der Waals surface area contributed by atoms with Crippen molar-refractivity contribution in [2.75, 3.05) is 13.3 Å². The molecule has 0 bridgehead atoms. The van der Waals surface area contributed by atoms with Crippen LogP contribution in [0.2, 0.25) is 0 Å². The first-order valence-electron chi connectivity index (χ1n) is 4.70. The Kier molecular flexibility index (Phi) is 4.50. The van der Waals surface area contributed by atoms with Gasteiger partial charge in [-0.25, -0.2) is 0 Å². The molecule has 80 valence electrons. The summed E-state index contributed by atoms with van der Waals surface area (Å²) in [5.74, 6) is 0. The van der Waals surface area contributed by atoms with E-state index in [-0.39, 0.29) is 7.92 Å². The summed E-state index contributed by atoms with van der Waals surface area (Å²) in [6.07, 6.45) is 0.582. The Morgan fingerprint density at radius 2 is 2.00 bits per heavy atom. The van der Waals surface area contributed by atoms with E-state index in [1.54, 1.807) is 0 Å². The van der Waals surface area contributed by atoms with Crippen LogP contribution in [0.3, 0.4) is 0 Å². The molecule has 0 aliphatic rings. The number of benzene rings is 1. The zero-order chi connectivity index (χ0) is 11.4. The molecule has 0 radical (unpaired) electrons. The van der Waals surface area contributed by atoms with Crippen LogP contribution < -0.4 is 5.30 Å². The molecule has 0 atom stereocenters. The van der Waals surface area contributed by atoms with E-state index in [1.165, 1.54) is 10.9 Å². The summed E-state index contributed by atoms with van der Waals surface area (Å²) < 4.78 is 0. The average molecular weight is 240 g/mol. The summed E-state index contributed by atoms with van der Waals surface area (Å²) >= 11 is 5.70. The molecular weight excluding hydrogens is 225 g/mol. The van der Waals surface area contributed by atoms with Crippen LogP contribution in [0.15, 0.2) is 35.9 Å². The van der Waals surface area contributed by atoms with Gasteiger partial charge in [0.15, 0.2) is 0 Å². The van der Waals surface area contributed by atoms with Gasteiger partial charge in [0.05, 0.1) is 10.7 Å². The summed E-state index contributed by atoms with van der Waals surface area (Å²) in [4.78, 5) is 0. The second kappa shape index (κ2) is 5.44. The first kappa shape index (κ1) is 12.4. The first-order valence-corrected chi connectivity index (χ1v) is 7.31. The quantitative estimate of drug-likeness (QED) is 0.615. The SMILES string of the molecule is C=C(Cl)C(=N)Cc1ccccc1P(C)C. The van der Waals surface area contributed by atoms with Crippen LogP contribution in [0.1, 0.15) is 5.56 Å². The number of rotatable bonds is 4. The van der Waals surface area contributed by atoms with Crippen molar-refractivity contribution in [2.45, 2.75) is 6.42 Å². The molecule has 1 N–H and O–H groups in total. The predicted molar refractivity (Wildman–Crippen MR) is 71.3 cm³/mol. The van der Waals surface area contributed by atoms with Crippen LogP contribution in [0.25, 0.3) is 0 Å². The zero-order valence-corrected chi connectivity index (χ0v) is 10.7. The van der Waals surface area contributed by atoms with Crippen molar-refractivity contribution in [3.63, 3.8) is 0 Å². The highest BCUT2D eigenvalue weighted by Crippen LogP contribution is 2.26. The molecule has 0 saturated heterocycles. The first-order chi connectivity index (χ1) is 7.02. The topological polar surface area (TPSA) is 23.9 Å². The van der Waals surface area contributed by atoms with Crippen LogP contribution in [-0.2, 0) is 6.42 Å². The highest BCUT2D eigenvalue weighted by atomic mass is 35.5. The maximum atomic E-state index is 7.69. The molecule has 3 heteroatoms. The van der Waals surface area contributed by atoms with Crippen molar-refractivity contribution in [3.8, 4) is 0 Å². The molecule has 0 heterocycles. The van der Waals surface area contributed by atoms with E-state index in [1.807, 2.05) is 12.1 Å². The van der Waals surface area contributed by atoms with E-state index < -0.39 is 0 Å². The third-order valence-electron chi connectivity index (χ3n) is 2.17. The molecule has 15 heavy (non-hydrogen) atoms. The predicted octanol–water partition coefficient (Wildman–Crippen LogP) is 3.37. The molecule has 0 fully saturated rings. The summed E-state index contributed by atoms with van der Waals surface area (Å²) in [5, 5.41) is 9.37. The van der Waals surface area contributed by atoms with E-state index in [9.17, 15) is 0 Å². The van der Waals surface area contributed by atoms with Gasteiger partial charge in [-0.3, -0.25) is 0 Å². The lowest BCUT2D eigenvalue weighted by molar-refractivity contribution is 1.31. The summed E-state index contributed by atoms with van der Waals surface area (Å²) in [6, 6.07) is 8.24. The van der Waals surface area contributed by atoms with E-state index in [2.05, 4.69) is 32.0 Å². The molecule has 0 spiro atoms. The molecule has 1 aromatic carbocycles. The Morgan fingerprint density at radius 1 is 1.40 bits per heavy atom. The van der Waals surface area contributed by atoms with Crippen molar-refractivity contribution in [1.29, 1.82) is 5.41 Å². The van der Waals surface area contributed by atoms with Gasteiger partial charge in [-0.05, 0) is 24.2 Å². The number of hydrogen-bond acceptors (Lipinski definition) is 1. The lowest BCUT2D eigenvalue weighted by Crippen LogP contribution is -2.12. The van der Waals surface area contributed by atoms with Gasteiger partial charge in [0.25, 0.3) is 0 Å². The maximum absolute atomic E-state index is 7.69. The van der Waals surface area contributed by atoms with E-state index in [0.29, 0.717) is 17.2 Å². The van der Waals surface area contributed by atoms with Gasteiger partial charge in [-0.15, -0.1) is 0 Å². The van der Waals surface area contributed by atoms with Crippen molar-refractivity contribution >= 4 is 30.5 Å².